The molecule has 1 spiro atoms. The first-order valence-corrected chi connectivity index (χ1v) is 11.6. The van der Waals surface area contributed by atoms with E-state index in [9.17, 15) is 18.8 Å². The fraction of sp³-hybridized carbons (Fsp3) is 0.360. The van der Waals surface area contributed by atoms with E-state index in [1.807, 2.05) is 6.07 Å². The Labute approximate surface area is 201 Å². The minimum Gasteiger partial charge on any atom is -0.339 e. The molecular formula is C25H22ClFN4O3. The molecule has 174 valence electrons. The number of halogens is 2. The first kappa shape index (κ1) is 22.4. The first-order chi connectivity index (χ1) is 16.3. The van der Waals surface area contributed by atoms with Crippen molar-refractivity contribution >= 4 is 35.0 Å². The minimum absolute atomic E-state index is 0.00486. The van der Waals surface area contributed by atoms with Gasteiger partial charge in [0, 0.05) is 24.0 Å². The zero-order valence-corrected chi connectivity index (χ0v) is 19.1. The van der Waals surface area contributed by atoms with Gasteiger partial charge >= 0.3 is 0 Å². The summed E-state index contributed by atoms with van der Waals surface area (Å²) in [6.07, 6.45) is 1.95. The summed E-state index contributed by atoms with van der Waals surface area (Å²) >= 11 is 6.00. The molecule has 2 aliphatic heterocycles. The van der Waals surface area contributed by atoms with Crippen molar-refractivity contribution in [1.29, 1.82) is 5.26 Å². The van der Waals surface area contributed by atoms with E-state index in [-0.39, 0.29) is 55.0 Å². The molecule has 7 nitrogen and oxygen atoms in total. The molecule has 0 bridgehead atoms. The van der Waals surface area contributed by atoms with E-state index in [1.165, 1.54) is 17.0 Å². The average Bonchev–Trinajstić information content (AvgIpc) is 3.59. The first-order valence-electron chi connectivity index (χ1n) is 11.2. The van der Waals surface area contributed by atoms with E-state index in [1.54, 1.807) is 29.2 Å². The van der Waals surface area contributed by atoms with Crippen LogP contribution in [0.1, 0.15) is 30.4 Å². The summed E-state index contributed by atoms with van der Waals surface area (Å²) in [7, 11) is 0. The maximum absolute atomic E-state index is 14.9. The molecule has 0 unspecified atom stereocenters. The highest BCUT2D eigenvalue weighted by molar-refractivity contribution is 6.30. The van der Waals surface area contributed by atoms with Gasteiger partial charge in [0.05, 0.1) is 23.9 Å². The molecule has 0 N–H and O–H groups in total. The number of amides is 3. The topological polar surface area (TPSA) is 84.7 Å². The van der Waals surface area contributed by atoms with Crippen LogP contribution in [0.25, 0.3) is 0 Å². The van der Waals surface area contributed by atoms with E-state index in [2.05, 4.69) is 0 Å². The predicted molar refractivity (Wildman–Crippen MR) is 122 cm³/mol. The Kier molecular flexibility index (Phi) is 5.53. The van der Waals surface area contributed by atoms with Gasteiger partial charge in [-0.2, -0.15) is 5.26 Å². The Hall–Kier alpha value is -3.44. The molecule has 3 fully saturated rings. The van der Waals surface area contributed by atoms with E-state index in [0.29, 0.717) is 11.6 Å². The normalized spacial score (nSPS) is 22.4. The highest BCUT2D eigenvalue weighted by atomic mass is 35.5. The fourth-order valence-corrected chi connectivity index (χ4v) is 4.99. The summed E-state index contributed by atoms with van der Waals surface area (Å²) in [6.45, 7) is 0.286. The monoisotopic (exact) mass is 480 g/mol. The van der Waals surface area contributed by atoms with E-state index < -0.39 is 17.3 Å². The van der Waals surface area contributed by atoms with Gasteiger partial charge in [-0.3, -0.25) is 19.3 Å². The molecule has 0 radical (unpaired) electrons. The molecule has 2 heterocycles. The van der Waals surface area contributed by atoms with E-state index in [0.717, 1.165) is 29.4 Å². The Morgan fingerprint density at radius 1 is 1.18 bits per heavy atom. The van der Waals surface area contributed by atoms with Crippen LogP contribution in [-0.4, -0.2) is 52.7 Å². The molecule has 1 aliphatic carbocycles. The van der Waals surface area contributed by atoms with Crippen molar-refractivity contribution in [2.24, 2.45) is 5.92 Å². The molecule has 5 rings (SSSR count). The number of nitrogens with zero attached hydrogens (tertiary/aromatic N) is 4. The summed E-state index contributed by atoms with van der Waals surface area (Å²) in [4.78, 5) is 44.5. The Morgan fingerprint density at radius 3 is 2.56 bits per heavy atom. The van der Waals surface area contributed by atoms with Crippen molar-refractivity contribution in [3.8, 4) is 6.07 Å². The van der Waals surface area contributed by atoms with Crippen LogP contribution in [0.2, 0.25) is 5.02 Å². The number of anilines is 1. The lowest BCUT2D eigenvalue weighted by atomic mass is 9.89. The van der Waals surface area contributed by atoms with Crippen LogP contribution in [0, 0.1) is 23.1 Å². The lowest BCUT2D eigenvalue weighted by molar-refractivity contribution is -0.151. The summed E-state index contributed by atoms with van der Waals surface area (Å²) in [5, 5.41) is 9.60. The maximum Gasteiger partial charge on any atom is 0.255 e. The minimum atomic E-state index is -1.29. The van der Waals surface area contributed by atoms with Crippen LogP contribution in [0.4, 0.5) is 10.1 Å². The largest absolute Gasteiger partial charge is 0.339 e. The number of carbonyl (C=O) groups is 3. The zero-order chi connectivity index (χ0) is 24.0. The number of nitriles is 1. The van der Waals surface area contributed by atoms with Crippen LogP contribution in [0.15, 0.2) is 42.5 Å². The third-order valence-corrected chi connectivity index (χ3v) is 7.11. The highest BCUT2D eigenvalue weighted by Crippen LogP contribution is 2.40. The third-order valence-electron chi connectivity index (χ3n) is 6.86. The van der Waals surface area contributed by atoms with E-state index in [4.69, 9.17) is 16.9 Å². The average molecular weight is 481 g/mol. The molecule has 9 heteroatoms. The van der Waals surface area contributed by atoms with Gasteiger partial charge in [0.25, 0.3) is 5.91 Å². The molecular weight excluding hydrogens is 459 g/mol. The summed E-state index contributed by atoms with van der Waals surface area (Å²) in [6, 6.07) is 12.7. The second kappa shape index (κ2) is 8.41. The SMILES string of the molecule is N#Cc1ccc(N2CC(=O)N(Cc3ccc(Cl)cc3)[C@]3(CCN(C(=O)C4CC4)C3)C2=O)c(F)c1. The van der Waals surface area contributed by atoms with Crippen molar-refractivity contribution in [3.05, 3.63) is 64.4 Å². The second-order valence-corrected chi connectivity index (χ2v) is 9.53. The lowest BCUT2D eigenvalue weighted by Crippen LogP contribution is -2.69. The molecule has 3 aliphatic rings. The van der Waals surface area contributed by atoms with Crippen molar-refractivity contribution in [2.75, 3.05) is 24.5 Å². The molecule has 2 aromatic rings. The van der Waals surface area contributed by atoms with Gasteiger partial charge in [0.2, 0.25) is 11.8 Å². The number of hydrogen-bond donors (Lipinski definition) is 0. The molecule has 2 aromatic carbocycles. The molecule has 1 saturated carbocycles. The molecule has 0 aromatic heterocycles. The van der Waals surface area contributed by atoms with Crippen LogP contribution < -0.4 is 4.90 Å². The molecule has 34 heavy (non-hydrogen) atoms. The van der Waals surface area contributed by atoms with Gasteiger partial charge in [0.1, 0.15) is 17.9 Å². The maximum atomic E-state index is 14.9. The van der Waals surface area contributed by atoms with Crippen molar-refractivity contribution in [2.45, 2.75) is 31.3 Å². The zero-order valence-electron chi connectivity index (χ0n) is 18.3. The standard InChI is InChI=1S/C25H22ClFN4O3/c26-19-6-1-16(2-7-19)13-31-22(32)14-30(21-8-3-17(12-28)11-20(21)27)24(34)25(31)9-10-29(15-25)23(33)18-4-5-18/h1-3,6-8,11,18H,4-5,9-10,13-15H2/t25-/m0/s1. The Morgan fingerprint density at radius 2 is 1.91 bits per heavy atom. The quantitative estimate of drug-likeness (QED) is 0.673. The van der Waals surface area contributed by atoms with Gasteiger partial charge in [0.15, 0.2) is 0 Å². The fourth-order valence-electron chi connectivity index (χ4n) is 4.86. The van der Waals surface area contributed by atoms with E-state index >= 15 is 0 Å². The Balaban J connectivity index is 1.52. The Bertz CT molecular complexity index is 1220. The second-order valence-electron chi connectivity index (χ2n) is 9.09. The van der Waals surface area contributed by atoms with Crippen LogP contribution in [-0.2, 0) is 20.9 Å². The smallest absolute Gasteiger partial charge is 0.255 e. The lowest BCUT2D eigenvalue weighted by Gasteiger charge is -2.47. The van der Waals surface area contributed by atoms with Gasteiger partial charge < -0.3 is 9.80 Å². The molecule has 3 amide bonds. The number of hydrogen-bond acceptors (Lipinski definition) is 4. The summed E-state index contributed by atoms with van der Waals surface area (Å²) in [5.74, 6) is -1.51. The van der Waals surface area contributed by atoms with Crippen LogP contribution >= 0.6 is 11.6 Å². The predicted octanol–water partition coefficient (Wildman–Crippen LogP) is 3.11. The number of piperazine rings is 1. The number of likely N-dealkylation sites (tertiary alicyclic amines) is 1. The third kappa shape index (κ3) is 3.80. The summed E-state index contributed by atoms with van der Waals surface area (Å²) in [5.41, 5.74) is -0.414. The van der Waals surface area contributed by atoms with Crippen molar-refractivity contribution in [1.82, 2.24) is 9.80 Å². The van der Waals surface area contributed by atoms with Crippen LogP contribution in [0.5, 0.6) is 0 Å². The number of rotatable bonds is 4. The molecule has 1 atom stereocenters. The number of carbonyl (C=O) groups excluding carboxylic acids is 3. The van der Waals surface area contributed by atoms with Gasteiger partial charge in [-0.15, -0.1) is 0 Å². The van der Waals surface area contributed by atoms with Gasteiger partial charge in [-0.1, -0.05) is 23.7 Å². The van der Waals surface area contributed by atoms with Gasteiger partial charge in [-0.05, 0) is 55.2 Å². The van der Waals surface area contributed by atoms with Crippen molar-refractivity contribution < 1.29 is 18.8 Å². The van der Waals surface area contributed by atoms with Crippen molar-refractivity contribution in [3.63, 3.8) is 0 Å². The summed E-state index contributed by atoms with van der Waals surface area (Å²) < 4.78 is 14.9. The van der Waals surface area contributed by atoms with Crippen LogP contribution in [0.3, 0.4) is 0 Å². The highest BCUT2D eigenvalue weighted by Gasteiger charge is 2.57. The number of benzene rings is 2. The van der Waals surface area contributed by atoms with Gasteiger partial charge in [-0.25, -0.2) is 4.39 Å². The molecule has 2 saturated heterocycles.